The number of hydrogen-bond donors (Lipinski definition) is 8. The molecule has 2 fully saturated rings. The van der Waals surface area contributed by atoms with Gasteiger partial charge in [-0.25, -0.2) is 19.6 Å². The molecule has 0 unspecified atom stereocenters. The summed E-state index contributed by atoms with van der Waals surface area (Å²) < 4.78 is 0. The van der Waals surface area contributed by atoms with Crippen molar-refractivity contribution < 1.29 is 29.4 Å². The van der Waals surface area contributed by atoms with Crippen LogP contribution in [0.2, 0.25) is 20.1 Å². The third kappa shape index (κ3) is 10.7. The quantitative estimate of drug-likeness (QED) is 0.0978. The minimum absolute atomic E-state index is 0.0461. The Morgan fingerprint density at radius 3 is 1.23 bits per heavy atom. The Balaban J connectivity index is 0.000000201. The van der Waals surface area contributed by atoms with E-state index in [4.69, 9.17) is 46.4 Å². The Morgan fingerprint density at radius 1 is 0.558 bits per heavy atom. The van der Waals surface area contributed by atoms with E-state index in [1.807, 2.05) is 0 Å². The summed E-state index contributed by atoms with van der Waals surface area (Å²) >= 11 is 24.1. The summed E-state index contributed by atoms with van der Waals surface area (Å²) in [5.74, 6) is -0.396. The average molecular weight is 790 g/mol. The number of nitrogens with zero attached hydrogens (tertiary/aromatic N) is 2. The minimum atomic E-state index is -0.467. The number of halogens is 4. The standard InChI is InChI=1S/2C17H16Cl2N4O3/c2*18-12-2-1-3-13(19)15(12)16(25)21-9-4-5-20-14(8-9)23-17(26)22-10-6-11(24)7-10/h2*1-5,8,10-11,24H,6-7H2,(H3,20,21,22,23,25,26). The van der Waals surface area contributed by atoms with Gasteiger partial charge in [-0.1, -0.05) is 58.5 Å². The van der Waals surface area contributed by atoms with Crippen molar-refractivity contribution in [3.63, 3.8) is 0 Å². The molecule has 0 bridgehead atoms. The Morgan fingerprint density at radius 2 is 0.904 bits per heavy atom. The van der Waals surface area contributed by atoms with Crippen LogP contribution in [0.25, 0.3) is 0 Å². The summed E-state index contributed by atoms with van der Waals surface area (Å²) in [5.41, 5.74) is 1.19. The van der Waals surface area contributed by atoms with Crippen molar-refractivity contribution in [2.45, 2.75) is 50.0 Å². The lowest BCUT2D eigenvalue weighted by atomic mass is 9.90. The van der Waals surface area contributed by atoms with Crippen LogP contribution >= 0.6 is 46.4 Å². The first-order valence-electron chi connectivity index (χ1n) is 15.8. The maximum Gasteiger partial charge on any atom is 0.320 e. The number of pyridine rings is 2. The van der Waals surface area contributed by atoms with E-state index >= 15 is 0 Å². The van der Waals surface area contributed by atoms with Crippen LogP contribution in [0.4, 0.5) is 32.6 Å². The van der Waals surface area contributed by atoms with Gasteiger partial charge in [0.2, 0.25) is 0 Å². The third-order valence-corrected chi connectivity index (χ3v) is 9.06. The van der Waals surface area contributed by atoms with Gasteiger partial charge in [-0.3, -0.25) is 20.2 Å². The van der Waals surface area contributed by atoms with Gasteiger partial charge in [0.15, 0.2) is 0 Å². The molecule has 4 aromatic rings. The summed E-state index contributed by atoms with van der Waals surface area (Å²) in [5, 5.41) is 35.4. The van der Waals surface area contributed by atoms with Crippen molar-refractivity contribution in [2.75, 3.05) is 21.3 Å². The highest BCUT2D eigenvalue weighted by Crippen LogP contribution is 2.27. The summed E-state index contributed by atoms with van der Waals surface area (Å²) in [4.78, 5) is 56.6. The maximum absolute atomic E-state index is 12.4. The molecule has 6 rings (SSSR count). The van der Waals surface area contributed by atoms with Gasteiger partial charge in [0.25, 0.3) is 11.8 Å². The molecular weight excluding hydrogens is 758 g/mol. The number of carbonyl (C=O) groups excluding carboxylic acids is 4. The molecule has 6 amide bonds. The first-order chi connectivity index (χ1) is 24.8. The summed E-state index contributed by atoms with van der Waals surface area (Å²) in [6.07, 6.45) is 4.34. The van der Waals surface area contributed by atoms with Crippen molar-refractivity contribution in [3.05, 3.63) is 104 Å². The topological polar surface area (TPSA) is 207 Å². The van der Waals surface area contributed by atoms with Crippen molar-refractivity contribution in [1.82, 2.24) is 20.6 Å². The van der Waals surface area contributed by atoms with Crippen LogP contribution < -0.4 is 31.9 Å². The number of urea groups is 2. The van der Waals surface area contributed by atoms with E-state index in [-0.39, 0.29) is 67.1 Å². The molecule has 8 N–H and O–H groups in total. The fourth-order valence-corrected chi connectivity index (χ4v) is 6.20. The zero-order valence-electron chi connectivity index (χ0n) is 27.0. The van der Waals surface area contributed by atoms with Gasteiger partial charge >= 0.3 is 12.1 Å². The Labute approximate surface area is 317 Å². The highest BCUT2D eigenvalue weighted by atomic mass is 35.5. The molecule has 2 heterocycles. The van der Waals surface area contributed by atoms with Crippen LogP contribution in [0, 0.1) is 0 Å². The zero-order chi connectivity index (χ0) is 37.4. The zero-order valence-corrected chi connectivity index (χ0v) is 30.0. The Kier molecular flexibility index (Phi) is 13.1. The van der Waals surface area contributed by atoms with Gasteiger partial charge in [0, 0.05) is 48.0 Å². The fraction of sp³-hybridized carbons (Fsp3) is 0.235. The number of amides is 6. The number of aliphatic hydroxyl groups is 2. The van der Waals surface area contributed by atoms with Gasteiger partial charge in [0.05, 0.1) is 43.4 Å². The van der Waals surface area contributed by atoms with Crippen molar-refractivity contribution in [1.29, 1.82) is 0 Å². The second kappa shape index (κ2) is 17.7. The van der Waals surface area contributed by atoms with E-state index in [9.17, 15) is 29.4 Å². The first kappa shape index (κ1) is 38.5. The SMILES string of the molecule is O=C(Nc1cc(NC(=O)c2c(Cl)cccc2Cl)ccn1)NC1CC(O)C1.O=C(Nc1cc(NC(=O)c2c(Cl)cccc2Cl)ccn1)NC1CC(O)C1. The van der Waals surface area contributed by atoms with E-state index < -0.39 is 23.9 Å². The normalized spacial score (nSPS) is 18.6. The molecule has 0 radical (unpaired) electrons. The number of aliphatic hydroxyl groups excluding tert-OH is 2. The molecule has 2 aromatic carbocycles. The van der Waals surface area contributed by atoms with E-state index in [2.05, 4.69) is 41.9 Å². The van der Waals surface area contributed by atoms with Crippen molar-refractivity contribution in [3.8, 4) is 0 Å². The fourth-order valence-electron chi connectivity index (χ4n) is 5.06. The number of benzene rings is 2. The van der Waals surface area contributed by atoms with Crippen LogP contribution in [-0.4, -0.2) is 68.3 Å². The number of anilines is 4. The summed E-state index contributed by atoms with van der Waals surface area (Å²) in [6.45, 7) is 0. The molecule has 2 saturated carbocycles. The molecule has 52 heavy (non-hydrogen) atoms. The van der Waals surface area contributed by atoms with Crippen LogP contribution in [0.3, 0.4) is 0 Å². The van der Waals surface area contributed by atoms with Gasteiger partial charge < -0.3 is 31.5 Å². The lowest BCUT2D eigenvalue weighted by Gasteiger charge is -2.31. The smallest absolute Gasteiger partial charge is 0.320 e. The van der Waals surface area contributed by atoms with Crippen molar-refractivity contribution in [2.24, 2.45) is 0 Å². The van der Waals surface area contributed by atoms with E-state index in [1.165, 1.54) is 24.5 Å². The van der Waals surface area contributed by atoms with Gasteiger partial charge in [-0.2, -0.15) is 0 Å². The monoisotopic (exact) mass is 788 g/mol. The molecule has 0 atom stereocenters. The van der Waals surface area contributed by atoms with Gasteiger partial charge in [0.1, 0.15) is 11.6 Å². The maximum atomic E-state index is 12.4. The van der Waals surface area contributed by atoms with Gasteiger partial charge in [-0.15, -0.1) is 0 Å². The molecule has 272 valence electrons. The van der Waals surface area contributed by atoms with E-state index in [1.54, 1.807) is 48.5 Å². The number of hydrogen-bond acceptors (Lipinski definition) is 8. The highest BCUT2D eigenvalue weighted by Gasteiger charge is 2.29. The molecule has 0 aliphatic heterocycles. The predicted molar refractivity (Wildman–Crippen MR) is 200 cm³/mol. The molecule has 2 aliphatic rings. The molecule has 14 nitrogen and oxygen atoms in total. The predicted octanol–water partition coefficient (Wildman–Crippen LogP) is 6.57. The molecular formula is C34H32Cl4N8O6. The molecule has 2 aliphatic carbocycles. The second-order valence-electron chi connectivity index (χ2n) is 11.8. The number of rotatable bonds is 8. The number of carbonyl (C=O) groups is 4. The van der Waals surface area contributed by atoms with Gasteiger partial charge in [-0.05, 0) is 62.1 Å². The molecule has 2 aromatic heterocycles. The van der Waals surface area contributed by atoms with Crippen LogP contribution in [-0.2, 0) is 0 Å². The lowest BCUT2D eigenvalue weighted by Crippen LogP contribution is -2.48. The van der Waals surface area contributed by atoms with Crippen LogP contribution in [0.1, 0.15) is 46.4 Å². The molecule has 0 spiro atoms. The number of aromatic nitrogens is 2. The third-order valence-electron chi connectivity index (χ3n) is 7.80. The number of nitrogens with one attached hydrogen (secondary N) is 6. The van der Waals surface area contributed by atoms with E-state index in [0.29, 0.717) is 37.1 Å². The van der Waals surface area contributed by atoms with Crippen LogP contribution in [0.5, 0.6) is 0 Å². The molecule has 18 heteroatoms. The summed E-state index contributed by atoms with van der Waals surface area (Å²) in [6, 6.07) is 14.8. The highest BCUT2D eigenvalue weighted by molar-refractivity contribution is 6.41. The lowest BCUT2D eigenvalue weighted by molar-refractivity contribution is 0.0665. The van der Waals surface area contributed by atoms with Crippen LogP contribution in [0.15, 0.2) is 73.1 Å². The second-order valence-corrected chi connectivity index (χ2v) is 13.4. The molecule has 0 saturated heterocycles. The average Bonchev–Trinajstić information content (AvgIpc) is 3.04. The summed E-state index contributed by atoms with van der Waals surface area (Å²) in [7, 11) is 0. The Hall–Kier alpha value is -4.70. The first-order valence-corrected chi connectivity index (χ1v) is 17.3. The largest absolute Gasteiger partial charge is 0.393 e. The minimum Gasteiger partial charge on any atom is -0.393 e. The Bertz CT molecular complexity index is 1780. The van der Waals surface area contributed by atoms with Crippen molar-refractivity contribution >= 4 is 93.3 Å². The van der Waals surface area contributed by atoms with E-state index in [0.717, 1.165) is 0 Å².